The summed E-state index contributed by atoms with van der Waals surface area (Å²) in [4.78, 5) is 0. The Bertz CT molecular complexity index is 709. The van der Waals surface area contributed by atoms with Crippen LogP contribution in [0.3, 0.4) is 0 Å². The molecule has 0 atom stereocenters. The van der Waals surface area contributed by atoms with Crippen molar-refractivity contribution >= 4 is 21.9 Å². The summed E-state index contributed by atoms with van der Waals surface area (Å²) in [6.45, 7) is 1.56. The molecule has 1 fully saturated rings. The van der Waals surface area contributed by atoms with Gasteiger partial charge in [-0.1, -0.05) is 36.8 Å². The molecule has 0 spiro atoms. The fourth-order valence-corrected chi connectivity index (χ4v) is 3.94. The highest BCUT2D eigenvalue weighted by molar-refractivity contribution is 7.87. The first-order valence-electron chi connectivity index (χ1n) is 7.82. The average Bonchev–Trinajstić information content (AvgIpc) is 3.06. The molecule has 2 aliphatic rings. The van der Waals surface area contributed by atoms with Crippen LogP contribution in [0.25, 0.3) is 0 Å². The largest absolute Gasteiger partial charge is 0.367 e. The first-order chi connectivity index (χ1) is 11.1. The van der Waals surface area contributed by atoms with Gasteiger partial charge >= 0.3 is 10.2 Å². The predicted octanol–water partition coefficient (Wildman–Crippen LogP) is 1.14. The molecule has 0 aromatic heterocycles. The summed E-state index contributed by atoms with van der Waals surface area (Å²) in [7, 11) is -3.72. The van der Waals surface area contributed by atoms with E-state index in [1.54, 1.807) is 0 Å². The molecule has 8 heteroatoms. The Balaban J connectivity index is 1.75. The van der Waals surface area contributed by atoms with E-state index in [1.165, 1.54) is 9.31 Å². The number of guanidine groups is 1. The molecule has 3 rings (SSSR count). The van der Waals surface area contributed by atoms with E-state index >= 15 is 0 Å². The second-order valence-electron chi connectivity index (χ2n) is 5.67. The van der Waals surface area contributed by atoms with Crippen LogP contribution in [0.5, 0.6) is 0 Å². The monoisotopic (exact) mass is 335 g/mol. The normalized spacial score (nSPS) is 20.6. The van der Waals surface area contributed by atoms with Gasteiger partial charge in [-0.15, -0.1) is 4.40 Å². The van der Waals surface area contributed by atoms with Crippen LogP contribution < -0.4 is 5.73 Å². The minimum Gasteiger partial charge on any atom is -0.367 e. The summed E-state index contributed by atoms with van der Waals surface area (Å²) in [5.41, 5.74) is 7.78. The maximum atomic E-state index is 12.3. The van der Waals surface area contributed by atoms with Crippen LogP contribution in [0.2, 0.25) is 0 Å². The molecular weight excluding hydrogens is 314 g/mol. The van der Waals surface area contributed by atoms with Gasteiger partial charge in [-0.3, -0.25) is 0 Å². The lowest BCUT2D eigenvalue weighted by atomic mass is 10.1. The lowest BCUT2D eigenvalue weighted by molar-refractivity contribution is 0.347. The van der Waals surface area contributed by atoms with E-state index in [-0.39, 0.29) is 5.96 Å². The van der Waals surface area contributed by atoms with Gasteiger partial charge in [0.05, 0.1) is 12.3 Å². The number of piperidine rings is 1. The van der Waals surface area contributed by atoms with Crippen molar-refractivity contribution in [2.24, 2.45) is 15.2 Å². The second kappa shape index (κ2) is 6.67. The van der Waals surface area contributed by atoms with Gasteiger partial charge in [0.15, 0.2) is 0 Å². The van der Waals surface area contributed by atoms with E-state index in [0.717, 1.165) is 30.5 Å². The zero-order valence-corrected chi connectivity index (χ0v) is 13.7. The first kappa shape index (κ1) is 15.9. The minimum absolute atomic E-state index is 0.0681. The van der Waals surface area contributed by atoms with E-state index < -0.39 is 10.2 Å². The van der Waals surface area contributed by atoms with Crippen LogP contribution >= 0.6 is 0 Å². The molecule has 1 aromatic carbocycles. The summed E-state index contributed by atoms with van der Waals surface area (Å²) in [6, 6.07) is 9.77. The maximum Gasteiger partial charge on any atom is 0.325 e. The highest BCUT2D eigenvalue weighted by atomic mass is 32.2. The molecule has 124 valence electrons. The summed E-state index contributed by atoms with van der Waals surface area (Å²) in [6.07, 6.45) is 3.51. The van der Waals surface area contributed by atoms with Crippen molar-refractivity contribution in [3.05, 3.63) is 35.9 Å². The van der Waals surface area contributed by atoms with Gasteiger partial charge in [0, 0.05) is 19.5 Å². The third-order valence-corrected chi connectivity index (χ3v) is 5.46. The Morgan fingerprint density at radius 3 is 2.48 bits per heavy atom. The van der Waals surface area contributed by atoms with Gasteiger partial charge in [-0.25, -0.2) is 5.01 Å². The zero-order valence-electron chi connectivity index (χ0n) is 12.9. The van der Waals surface area contributed by atoms with Gasteiger partial charge in [0.2, 0.25) is 5.96 Å². The number of rotatable bonds is 3. The molecule has 1 aromatic rings. The fraction of sp³-hybridized carbons (Fsp3) is 0.467. The van der Waals surface area contributed by atoms with Crippen LogP contribution in [0.15, 0.2) is 39.8 Å². The smallest absolute Gasteiger partial charge is 0.325 e. The molecule has 2 heterocycles. The Labute approximate surface area is 136 Å². The van der Waals surface area contributed by atoms with E-state index in [0.29, 0.717) is 26.1 Å². The van der Waals surface area contributed by atoms with Crippen molar-refractivity contribution in [3.63, 3.8) is 0 Å². The number of hydrogen-bond donors (Lipinski definition) is 1. The Morgan fingerprint density at radius 2 is 1.78 bits per heavy atom. The molecule has 0 amide bonds. The SMILES string of the molecule is NC(=NS(=O)(=O)N1CCCCC1)N1CCC(c2ccccc2)=N1. The number of nitrogens with zero attached hydrogens (tertiary/aromatic N) is 4. The van der Waals surface area contributed by atoms with Gasteiger partial charge in [0.1, 0.15) is 0 Å². The number of benzene rings is 1. The van der Waals surface area contributed by atoms with Crippen molar-refractivity contribution in [3.8, 4) is 0 Å². The highest BCUT2D eigenvalue weighted by Gasteiger charge is 2.26. The molecule has 23 heavy (non-hydrogen) atoms. The number of hydrazone groups is 1. The Kier molecular flexibility index (Phi) is 4.63. The average molecular weight is 335 g/mol. The van der Waals surface area contributed by atoms with Crippen molar-refractivity contribution in [2.75, 3.05) is 19.6 Å². The Hall–Kier alpha value is -1.93. The minimum atomic E-state index is -3.72. The predicted molar refractivity (Wildman–Crippen MR) is 90.3 cm³/mol. The maximum absolute atomic E-state index is 12.3. The summed E-state index contributed by atoms with van der Waals surface area (Å²) in [5, 5.41) is 5.86. The van der Waals surface area contributed by atoms with Crippen molar-refractivity contribution < 1.29 is 8.42 Å². The van der Waals surface area contributed by atoms with Gasteiger partial charge < -0.3 is 5.73 Å². The molecule has 2 N–H and O–H groups in total. The summed E-state index contributed by atoms with van der Waals surface area (Å²) in [5.74, 6) is -0.0681. The van der Waals surface area contributed by atoms with Crippen molar-refractivity contribution in [1.29, 1.82) is 0 Å². The van der Waals surface area contributed by atoms with Crippen LogP contribution in [-0.4, -0.2) is 49.0 Å². The van der Waals surface area contributed by atoms with Crippen molar-refractivity contribution in [1.82, 2.24) is 9.31 Å². The quantitative estimate of drug-likeness (QED) is 0.662. The van der Waals surface area contributed by atoms with Gasteiger partial charge in [-0.05, 0) is 18.4 Å². The van der Waals surface area contributed by atoms with Crippen LogP contribution in [0.1, 0.15) is 31.2 Å². The van der Waals surface area contributed by atoms with Crippen molar-refractivity contribution in [2.45, 2.75) is 25.7 Å². The van der Waals surface area contributed by atoms with Crippen LogP contribution in [0.4, 0.5) is 0 Å². The lowest BCUT2D eigenvalue weighted by Crippen LogP contribution is -2.38. The second-order valence-corrected chi connectivity index (χ2v) is 7.27. The molecule has 2 aliphatic heterocycles. The standard InChI is InChI=1S/C15H21N5O2S/c16-15(18-23(21,22)19-10-5-2-6-11-19)20-12-9-14(17-20)13-7-3-1-4-8-13/h1,3-4,7-8H,2,5-6,9-12H2,(H2,16,18). The van der Waals surface area contributed by atoms with E-state index in [9.17, 15) is 8.42 Å². The van der Waals surface area contributed by atoms with E-state index in [4.69, 9.17) is 5.73 Å². The lowest BCUT2D eigenvalue weighted by Gasteiger charge is -2.24. The molecule has 0 bridgehead atoms. The third kappa shape index (κ3) is 3.70. The molecule has 0 aliphatic carbocycles. The van der Waals surface area contributed by atoms with Gasteiger partial charge in [0.25, 0.3) is 0 Å². The third-order valence-electron chi connectivity index (χ3n) is 4.02. The van der Waals surface area contributed by atoms with E-state index in [1.807, 2.05) is 30.3 Å². The zero-order chi connectivity index (χ0) is 16.3. The molecule has 7 nitrogen and oxygen atoms in total. The highest BCUT2D eigenvalue weighted by Crippen LogP contribution is 2.16. The summed E-state index contributed by atoms with van der Waals surface area (Å²) < 4.78 is 29.7. The van der Waals surface area contributed by atoms with Crippen LogP contribution in [-0.2, 0) is 10.2 Å². The molecule has 0 radical (unpaired) electrons. The topological polar surface area (TPSA) is 91.4 Å². The molecule has 0 unspecified atom stereocenters. The number of nitrogens with two attached hydrogens (primary N) is 1. The number of hydrogen-bond acceptors (Lipinski definition) is 3. The molecule has 1 saturated heterocycles. The fourth-order valence-electron chi connectivity index (χ4n) is 2.77. The first-order valence-corrected chi connectivity index (χ1v) is 9.22. The van der Waals surface area contributed by atoms with Crippen LogP contribution in [0, 0.1) is 0 Å². The van der Waals surface area contributed by atoms with E-state index in [2.05, 4.69) is 9.50 Å². The molecule has 0 saturated carbocycles. The summed E-state index contributed by atoms with van der Waals surface area (Å²) >= 11 is 0. The Morgan fingerprint density at radius 1 is 1.09 bits per heavy atom. The van der Waals surface area contributed by atoms with Gasteiger partial charge in [-0.2, -0.15) is 17.8 Å². The molecular formula is C15H21N5O2S.